The minimum atomic E-state index is 0.301. The van der Waals surface area contributed by atoms with Gasteiger partial charge in [0.25, 0.3) is 0 Å². The molecule has 0 N–H and O–H groups in total. The fraction of sp³-hybridized carbons (Fsp3) is 0.0364. The molecule has 3 nitrogen and oxygen atoms in total. The zero-order valence-electron chi connectivity index (χ0n) is 31.8. The Morgan fingerprint density at radius 1 is 0.414 bits per heavy atom. The quantitative estimate of drug-likeness (QED) is 0.159. The lowest BCUT2D eigenvalue weighted by Crippen LogP contribution is -2.02. The van der Waals surface area contributed by atoms with E-state index in [2.05, 4.69) is 193 Å². The molecule has 1 aliphatic carbocycles. The van der Waals surface area contributed by atoms with Gasteiger partial charge in [0.05, 0.1) is 11.4 Å². The number of hydrogen-bond acceptors (Lipinski definition) is 3. The van der Waals surface area contributed by atoms with Gasteiger partial charge in [0.15, 0.2) is 5.82 Å². The number of rotatable bonds is 6. The molecule has 58 heavy (non-hydrogen) atoms. The summed E-state index contributed by atoms with van der Waals surface area (Å²) >= 11 is 0. The normalized spacial score (nSPS) is 14.0. The summed E-state index contributed by atoms with van der Waals surface area (Å²) in [6, 6.07) is 63.1. The summed E-state index contributed by atoms with van der Waals surface area (Å²) in [4.78, 5) is 14.8. The molecule has 2 aromatic heterocycles. The molecule has 8 aromatic carbocycles. The predicted molar refractivity (Wildman–Crippen MR) is 243 cm³/mol. The number of nitrogens with zero attached hydrogens (tertiary/aromatic N) is 3. The van der Waals surface area contributed by atoms with E-state index in [0.29, 0.717) is 11.7 Å². The number of fused-ring (bicyclic) bond motifs is 7. The summed E-state index contributed by atoms with van der Waals surface area (Å²) in [7, 11) is 0. The Balaban J connectivity index is 0.966. The minimum absolute atomic E-state index is 0.301. The van der Waals surface area contributed by atoms with E-state index in [0.717, 1.165) is 51.2 Å². The van der Waals surface area contributed by atoms with Crippen LogP contribution >= 0.6 is 0 Å². The molecule has 10 aromatic rings. The summed E-state index contributed by atoms with van der Waals surface area (Å²) in [6.07, 6.45) is 11.5. The first-order valence-corrected chi connectivity index (χ1v) is 19.9. The lowest BCUT2D eigenvalue weighted by molar-refractivity contribution is 0.864. The molecule has 0 saturated heterocycles. The number of benzene rings is 8. The molecule has 272 valence electrons. The van der Waals surface area contributed by atoms with Crippen LogP contribution in [0.2, 0.25) is 0 Å². The van der Waals surface area contributed by atoms with E-state index in [1.165, 1.54) is 54.2 Å². The number of aromatic nitrogens is 3. The van der Waals surface area contributed by atoms with Crippen molar-refractivity contribution >= 4 is 48.7 Å². The van der Waals surface area contributed by atoms with Gasteiger partial charge >= 0.3 is 0 Å². The SMILES string of the molecule is C1=CC(c2cccc3ccccc23)CC=C1c1cc(-c2ccc(-c3cccnc3)cc2)nc(-c2ccc(-c3ccc4c5ccccc5c5ccccc5c4c3)cc2)n1. The molecule has 11 rings (SSSR count). The van der Waals surface area contributed by atoms with Crippen molar-refractivity contribution in [3.63, 3.8) is 0 Å². The van der Waals surface area contributed by atoms with Crippen LogP contribution in [-0.4, -0.2) is 15.0 Å². The van der Waals surface area contributed by atoms with Crippen molar-refractivity contribution in [1.29, 1.82) is 0 Å². The molecule has 1 atom stereocenters. The standard InChI is InChI=1S/C55H37N3/c1-2-12-45-38(9-1)10-7-17-46(45)39-22-26-41(27-23-39)54-34-53(40-24-18-37(19-25-40)44-11-8-32-56-35-44)57-55(58-54)42-28-20-36(21-29-42)43-30-31-51-49-15-4-3-13-47(49)48-14-5-6-16-50(48)52(51)33-43/h1-22,24-35,39H,23H2. The number of pyridine rings is 1. The monoisotopic (exact) mass is 739 g/mol. The van der Waals surface area contributed by atoms with Gasteiger partial charge in [-0.15, -0.1) is 0 Å². The molecule has 0 spiro atoms. The first-order valence-electron chi connectivity index (χ1n) is 19.9. The van der Waals surface area contributed by atoms with E-state index < -0.39 is 0 Å². The molecule has 0 aliphatic heterocycles. The van der Waals surface area contributed by atoms with Crippen LogP contribution in [-0.2, 0) is 0 Å². The average Bonchev–Trinajstić information content (AvgIpc) is 3.31. The third-order valence-corrected chi connectivity index (χ3v) is 11.7. The molecule has 2 heterocycles. The van der Waals surface area contributed by atoms with Gasteiger partial charge in [0.2, 0.25) is 0 Å². The third kappa shape index (κ3) is 6.05. The first kappa shape index (κ1) is 33.8. The van der Waals surface area contributed by atoms with Crippen molar-refractivity contribution in [3.05, 3.63) is 218 Å². The van der Waals surface area contributed by atoms with E-state index in [1.54, 1.807) is 6.20 Å². The number of allylic oxidation sites excluding steroid dienone is 4. The van der Waals surface area contributed by atoms with Gasteiger partial charge in [-0.05, 0) is 101 Å². The smallest absolute Gasteiger partial charge is 0.160 e. The van der Waals surface area contributed by atoms with Crippen LogP contribution in [0, 0.1) is 0 Å². The zero-order valence-corrected chi connectivity index (χ0v) is 31.8. The molecule has 0 radical (unpaired) electrons. The van der Waals surface area contributed by atoms with Crippen molar-refractivity contribution in [3.8, 4) is 44.9 Å². The predicted octanol–water partition coefficient (Wildman–Crippen LogP) is 14.3. The largest absolute Gasteiger partial charge is 0.264 e. The Labute approximate surface area is 337 Å². The van der Waals surface area contributed by atoms with Gasteiger partial charge in [0.1, 0.15) is 0 Å². The fourth-order valence-electron chi connectivity index (χ4n) is 8.75. The lowest BCUT2D eigenvalue weighted by Gasteiger charge is -2.19. The Morgan fingerprint density at radius 2 is 1.00 bits per heavy atom. The second-order valence-corrected chi connectivity index (χ2v) is 15.1. The highest BCUT2D eigenvalue weighted by Crippen LogP contribution is 2.39. The summed E-state index contributed by atoms with van der Waals surface area (Å²) in [5.74, 6) is 1.01. The van der Waals surface area contributed by atoms with E-state index in [9.17, 15) is 0 Å². The van der Waals surface area contributed by atoms with Crippen LogP contribution in [0.5, 0.6) is 0 Å². The minimum Gasteiger partial charge on any atom is -0.264 e. The maximum absolute atomic E-state index is 5.23. The Kier molecular flexibility index (Phi) is 8.29. The van der Waals surface area contributed by atoms with Crippen LogP contribution in [0.1, 0.15) is 23.6 Å². The highest BCUT2D eigenvalue weighted by Gasteiger charge is 2.18. The van der Waals surface area contributed by atoms with Crippen LogP contribution in [0.3, 0.4) is 0 Å². The first-order chi connectivity index (χ1) is 28.7. The second-order valence-electron chi connectivity index (χ2n) is 15.1. The molecule has 0 saturated carbocycles. The molecule has 1 aliphatic rings. The van der Waals surface area contributed by atoms with Gasteiger partial charge in [-0.25, -0.2) is 9.97 Å². The van der Waals surface area contributed by atoms with Crippen LogP contribution < -0.4 is 0 Å². The topological polar surface area (TPSA) is 38.7 Å². The van der Waals surface area contributed by atoms with Crippen molar-refractivity contribution in [1.82, 2.24) is 15.0 Å². The summed E-state index contributed by atoms with van der Waals surface area (Å²) < 4.78 is 0. The maximum Gasteiger partial charge on any atom is 0.160 e. The van der Waals surface area contributed by atoms with Gasteiger partial charge in [-0.3, -0.25) is 4.98 Å². The van der Waals surface area contributed by atoms with E-state index >= 15 is 0 Å². The molecule has 0 bridgehead atoms. The van der Waals surface area contributed by atoms with Crippen molar-refractivity contribution in [2.75, 3.05) is 0 Å². The molecule has 3 heteroatoms. The fourth-order valence-corrected chi connectivity index (χ4v) is 8.75. The van der Waals surface area contributed by atoms with E-state index in [1.807, 2.05) is 12.3 Å². The van der Waals surface area contributed by atoms with Gasteiger partial charge in [0, 0.05) is 29.4 Å². The van der Waals surface area contributed by atoms with Crippen LogP contribution in [0.25, 0.3) is 93.6 Å². The summed E-state index contributed by atoms with van der Waals surface area (Å²) in [6.45, 7) is 0. The van der Waals surface area contributed by atoms with Crippen LogP contribution in [0.15, 0.2) is 207 Å². The van der Waals surface area contributed by atoms with Gasteiger partial charge in [-0.2, -0.15) is 0 Å². The molecule has 0 amide bonds. The summed E-state index contributed by atoms with van der Waals surface area (Å²) in [5, 5.41) is 10.3. The Bertz CT molecular complexity index is 3190. The van der Waals surface area contributed by atoms with Crippen LogP contribution in [0.4, 0.5) is 0 Å². The highest BCUT2D eigenvalue weighted by atomic mass is 14.9. The van der Waals surface area contributed by atoms with Crippen molar-refractivity contribution in [2.24, 2.45) is 0 Å². The summed E-state index contributed by atoms with van der Waals surface area (Å²) in [5.41, 5.74) is 10.8. The molecule has 1 unspecified atom stereocenters. The second kappa shape index (κ2) is 14.2. The van der Waals surface area contributed by atoms with E-state index in [-0.39, 0.29) is 0 Å². The lowest BCUT2D eigenvalue weighted by atomic mass is 9.86. The molecular formula is C55H37N3. The van der Waals surface area contributed by atoms with Crippen molar-refractivity contribution in [2.45, 2.75) is 12.3 Å². The number of hydrogen-bond donors (Lipinski definition) is 0. The van der Waals surface area contributed by atoms with Gasteiger partial charge in [-0.1, -0.05) is 176 Å². The highest BCUT2D eigenvalue weighted by molar-refractivity contribution is 6.25. The molecular weight excluding hydrogens is 703 g/mol. The van der Waals surface area contributed by atoms with E-state index in [4.69, 9.17) is 9.97 Å². The Morgan fingerprint density at radius 3 is 1.69 bits per heavy atom. The van der Waals surface area contributed by atoms with Crippen molar-refractivity contribution < 1.29 is 0 Å². The zero-order chi connectivity index (χ0) is 38.4. The Hall–Kier alpha value is -7.49. The maximum atomic E-state index is 5.23. The van der Waals surface area contributed by atoms with Gasteiger partial charge < -0.3 is 0 Å². The molecule has 0 fully saturated rings. The third-order valence-electron chi connectivity index (χ3n) is 11.7. The average molecular weight is 740 g/mol.